The van der Waals surface area contributed by atoms with Crippen LogP contribution in [0.15, 0.2) is 42.1 Å². The summed E-state index contributed by atoms with van der Waals surface area (Å²) in [4.78, 5) is 19.5. The molecule has 1 unspecified atom stereocenters. The van der Waals surface area contributed by atoms with Gasteiger partial charge in [0.2, 0.25) is 0 Å². The first-order valence-electron chi connectivity index (χ1n) is 7.71. The molecule has 132 valence electrons. The first-order chi connectivity index (χ1) is 12.0. The zero-order chi connectivity index (χ0) is 17.9. The standard InChI is InChI=1S/C16H18ClN5O3/c17-13-3-1-12(2-4-13)16(24,9-22-11-19-10-20-22)15(5-6-15)8-21-25-7-14(18)23/h1-4,8,10-11,24H,5-7,9H2,(H2,18,23). The third-order valence-electron chi connectivity index (χ3n) is 4.37. The predicted octanol–water partition coefficient (Wildman–Crippen LogP) is 1.09. The van der Waals surface area contributed by atoms with Crippen LogP contribution in [-0.2, 0) is 21.8 Å². The molecule has 0 saturated heterocycles. The molecule has 1 heterocycles. The van der Waals surface area contributed by atoms with E-state index in [9.17, 15) is 9.90 Å². The number of primary amides is 1. The fourth-order valence-electron chi connectivity index (χ4n) is 2.83. The average Bonchev–Trinajstić information content (AvgIpc) is 3.21. The lowest BCUT2D eigenvalue weighted by atomic mass is 9.79. The Balaban J connectivity index is 1.90. The highest BCUT2D eigenvalue weighted by Gasteiger charge is 2.59. The van der Waals surface area contributed by atoms with Crippen molar-refractivity contribution in [1.29, 1.82) is 0 Å². The second-order valence-electron chi connectivity index (χ2n) is 6.09. The predicted molar refractivity (Wildman–Crippen MR) is 90.7 cm³/mol. The van der Waals surface area contributed by atoms with E-state index in [0.29, 0.717) is 23.4 Å². The van der Waals surface area contributed by atoms with E-state index in [4.69, 9.17) is 22.2 Å². The normalized spacial score (nSPS) is 18.0. The Labute approximate surface area is 149 Å². The van der Waals surface area contributed by atoms with Crippen LogP contribution in [0.2, 0.25) is 5.02 Å². The number of halogens is 1. The Bertz CT molecular complexity index is 759. The summed E-state index contributed by atoms with van der Waals surface area (Å²) in [6.07, 6.45) is 5.92. The van der Waals surface area contributed by atoms with Gasteiger partial charge in [-0.1, -0.05) is 28.9 Å². The van der Waals surface area contributed by atoms with Crippen molar-refractivity contribution in [1.82, 2.24) is 14.8 Å². The van der Waals surface area contributed by atoms with Gasteiger partial charge in [0.15, 0.2) is 6.61 Å². The van der Waals surface area contributed by atoms with Crippen molar-refractivity contribution in [2.24, 2.45) is 16.3 Å². The second-order valence-corrected chi connectivity index (χ2v) is 6.53. The third kappa shape index (κ3) is 3.64. The van der Waals surface area contributed by atoms with Crippen LogP contribution in [0.25, 0.3) is 0 Å². The van der Waals surface area contributed by atoms with Crippen molar-refractivity contribution in [3.63, 3.8) is 0 Å². The molecule has 1 aliphatic carbocycles. The van der Waals surface area contributed by atoms with Crippen molar-refractivity contribution in [3.05, 3.63) is 47.5 Å². The van der Waals surface area contributed by atoms with Crippen LogP contribution in [0, 0.1) is 5.41 Å². The van der Waals surface area contributed by atoms with Crippen molar-refractivity contribution < 1.29 is 14.7 Å². The van der Waals surface area contributed by atoms with Gasteiger partial charge in [0.25, 0.3) is 5.91 Å². The van der Waals surface area contributed by atoms with Gasteiger partial charge in [-0.25, -0.2) is 9.67 Å². The minimum Gasteiger partial charge on any atom is -0.386 e. The zero-order valence-electron chi connectivity index (χ0n) is 13.4. The summed E-state index contributed by atoms with van der Waals surface area (Å²) in [5.41, 5.74) is 3.79. The lowest BCUT2D eigenvalue weighted by Crippen LogP contribution is -2.42. The number of hydrogen-bond donors (Lipinski definition) is 2. The molecule has 0 spiro atoms. The minimum absolute atomic E-state index is 0.191. The molecule has 25 heavy (non-hydrogen) atoms. The number of nitrogens with zero attached hydrogens (tertiary/aromatic N) is 4. The number of rotatable bonds is 8. The fraction of sp³-hybridized carbons (Fsp3) is 0.375. The van der Waals surface area contributed by atoms with Crippen LogP contribution >= 0.6 is 11.6 Å². The number of aliphatic hydroxyl groups is 1. The van der Waals surface area contributed by atoms with Gasteiger partial charge in [0.05, 0.1) is 12.8 Å². The van der Waals surface area contributed by atoms with Crippen LogP contribution in [0.3, 0.4) is 0 Å². The van der Waals surface area contributed by atoms with Gasteiger partial charge in [-0.05, 0) is 30.5 Å². The van der Waals surface area contributed by atoms with Gasteiger partial charge in [-0.2, -0.15) is 5.10 Å². The van der Waals surface area contributed by atoms with E-state index in [-0.39, 0.29) is 13.2 Å². The summed E-state index contributed by atoms with van der Waals surface area (Å²) >= 11 is 5.97. The summed E-state index contributed by atoms with van der Waals surface area (Å²) in [7, 11) is 0. The maximum absolute atomic E-state index is 11.6. The van der Waals surface area contributed by atoms with Crippen molar-refractivity contribution in [2.45, 2.75) is 25.0 Å². The van der Waals surface area contributed by atoms with E-state index in [1.165, 1.54) is 12.7 Å². The Kier molecular flexibility index (Phi) is 4.73. The molecule has 0 radical (unpaired) electrons. The number of carbonyl (C=O) groups excluding carboxylic acids is 1. The quantitative estimate of drug-likeness (QED) is 0.538. The van der Waals surface area contributed by atoms with Gasteiger partial charge in [0, 0.05) is 10.4 Å². The first-order valence-corrected chi connectivity index (χ1v) is 8.09. The Morgan fingerprint density at radius 3 is 2.76 bits per heavy atom. The van der Waals surface area contributed by atoms with E-state index in [2.05, 4.69) is 15.2 Å². The molecule has 1 aromatic carbocycles. The number of benzene rings is 1. The molecule has 2 aromatic rings. The maximum Gasteiger partial charge on any atom is 0.258 e. The Morgan fingerprint density at radius 1 is 1.48 bits per heavy atom. The molecule has 3 rings (SSSR count). The largest absolute Gasteiger partial charge is 0.386 e. The van der Waals surface area contributed by atoms with Crippen LogP contribution in [0.4, 0.5) is 0 Å². The van der Waals surface area contributed by atoms with Gasteiger partial charge < -0.3 is 15.7 Å². The zero-order valence-corrected chi connectivity index (χ0v) is 14.1. The van der Waals surface area contributed by atoms with E-state index < -0.39 is 16.9 Å². The highest BCUT2D eigenvalue weighted by atomic mass is 35.5. The van der Waals surface area contributed by atoms with Gasteiger partial charge in [-0.3, -0.25) is 4.79 Å². The first kappa shape index (κ1) is 17.4. The van der Waals surface area contributed by atoms with Crippen LogP contribution in [-0.4, -0.2) is 38.6 Å². The van der Waals surface area contributed by atoms with Gasteiger partial charge in [0.1, 0.15) is 18.3 Å². The topological polar surface area (TPSA) is 116 Å². The molecule has 8 nitrogen and oxygen atoms in total. The minimum atomic E-state index is -1.29. The number of aromatic nitrogens is 3. The summed E-state index contributed by atoms with van der Waals surface area (Å²) in [5.74, 6) is -0.613. The number of hydrogen-bond acceptors (Lipinski definition) is 6. The summed E-state index contributed by atoms with van der Waals surface area (Å²) in [6, 6.07) is 6.99. The summed E-state index contributed by atoms with van der Waals surface area (Å²) < 4.78 is 1.56. The fourth-order valence-corrected chi connectivity index (χ4v) is 2.96. The molecule has 0 bridgehead atoms. The SMILES string of the molecule is NC(=O)CON=CC1(C(O)(Cn2cncn2)c2ccc(Cl)cc2)CC1. The number of oxime groups is 1. The molecule has 9 heteroatoms. The Hall–Kier alpha value is -2.45. The molecule has 1 aliphatic rings. The molecular weight excluding hydrogens is 346 g/mol. The molecular formula is C16H18ClN5O3. The maximum atomic E-state index is 11.6. The van der Waals surface area contributed by atoms with E-state index in [1.54, 1.807) is 35.2 Å². The second kappa shape index (κ2) is 6.81. The van der Waals surface area contributed by atoms with E-state index in [0.717, 1.165) is 0 Å². The van der Waals surface area contributed by atoms with E-state index >= 15 is 0 Å². The highest BCUT2D eigenvalue weighted by molar-refractivity contribution is 6.30. The monoisotopic (exact) mass is 363 g/mol. The molecule has 1 aromatic heterocycles. The molecule has 3 N–H and O–H groups in total. The van der Waals surface area contributed by atoms with Crippen LogP contribution in [0.5, 0.6) is 0 Å². The summed E-state index contributed by atoms with van der Waals surface area (Å²) in [5, 5.41) is 20.1. The molecule has 1 fully saturated rings. The lowest BCUT2D eigenvalue weighted by Gasteiger charge is -2.35. The van der Waals surface area contributed by atoms with Crippen LogP contribution in [0.1, 0.15) is 18.4 Å². The third-order valence-corrected chi connectivity index (χ3v) is 4.62. The smallest absolute Gasteiger partial charge is 0.258 e. The molecule has 1 amide bonds. The number of amides is 1. The lowest BCUT2D eigenvalue weighted by molar-refractivity contribution is -0.122. The molecule has 0 aliphatic heterocycles. The van der Waals surface area contributed by atoms with Crippen molar-refractivity contribution >= 4 is 23.7 Å². The molecule has 1 saturated carbocycles. The highest BCUT2D eigenvalue weighted by Crippen LogP contribution is 2.57. The Morgan fingerprint density at radius 2 is 2.20 bits per heavy atom. The van der Waals surface area contributed by atoms with Gasteiger partial charge >= 0.3 is 0 Å². The number of carbonyl (C=O) groups is 1. The van der Waals surface area contributed by atoms with E-state index in [1.807, 2.05) is 0 Å². The average molecular weight is 364 g/mol. The van der Waals surface area contributed by atoms with Crippen LogP contribution < -0.4 is 5.73 Å². The van der Waals surface area contributed by atoms with Crippen molar-refractivity contribution in [2.75, 3.05) is 6.61 Å². The van der Waals surface area contributed by atoms with Crippen molar-refractivity contribution in [3.8, 4) is 0 Å². The summed E-state index contributed by atoms with van der Waals surface area (Å²) in [6.45, 7) is -0.120. The van der Waals surface area contributed by atoms with Gasteiger partial charge in [-0.15, -0.1) is 0 Å². The molecule has 1 atom stereocenters. The number of nitrogens with two attached hydrogens (primary N) is 1.